The van der Waals surface area contributed by atoms with Crippen molar-refractivity contribution >= 4 is 18.2 Å². The molecule has 0 bridgehead atoms. The predicted molar refractivity (Wildman–Crippen MR) is 82.5 cm³/mol. The van der Waals surface area contributed by atoms with E-state index in [1.165, 1.54) is 24.4 Å². The van der Waals surface area contributed by atoms with E-state index in [-0.39, 0.29) is 5.56 Å². The van der Waals surface area contributed by atoms with Gasteiger partial charge in [-0.25, -0.2) is 9.82 Å². The average Bonchev–Trinajstić information content (AvgIpc) is 2.48. The first-order valence-electron chi connectivity index (χ1n) is 6.48. The maximum Gasteiger partial charge on any atom is 0.274 e. The third-order valence-electron chi connectivity index (χ3n) is 2.75. The van der Waals surface area contributed by atoms with Crippen LogP contribution in [-0.4, -0.2) is 12.1 Å². The van der Waals surface area contributed by atoms with Crippen molar-refractivity contribution in [1.82, 2.24) is 5.43 Å². The van der Waals surface area contributed by atoms with Crippen molar-refractivity contribution in [3.63, 3.8) is 0 Å². The van der Waals surface area contributed by atoms with Crippen molar-refractivity contribution < 1.29 is 9.18 Å². The van der Waals surface area contributed by atoms with Crippen LogP contribution in [0.5, 0.6) is 0 Å². The second-order valence-electron chi connectivity index (χ2n) is 4.48. The Morgan fingerprint density at radius 2 is 1.76 bits per heavy atom. The van der Waals surface area contributed by atoms with Crippen LogP contribution in [0.4, 0.5) is 4.39 Å². The molecule has 106 valence electrons. The molecule has 4 heteroatoms. The Morgan fingerprint density at radius 1 is 1.10 bits per heavy atom. The van der Waals surface area contributed by atoms with Gasteiger partial charge in [-0.3, -0.25) is 4.79 Å². The Labute approximate surface area is 122 Å². The van der Waals surface area contributed by atoms with E-state index in [4.69, 9.17) is 0 Å². The van der Waals surface area contributed by atoms with Gasteiger partial charge in [0, 0.05) is 0 Å². The molecular formula is C17H15FN2O. The minimum Gasteiger partial charge on any atom is -0.267 e. The summed E-state index contributed by atoms with van der Waals surface area (Å²) in [5, 5.41) is 3.83. The number of allylic oxidation sites excluding steroid dienone is 1. The molecule has 0 unspecified atom stereocenters. The van der Waals surface area contributed by atoms with Crippen LogP contribution in [0.1, 0.15) is 22.8 Å². The molecule has 3 nitrogen and oxygen atoms in total. The zero-order valence-electron chi connectivity index (χ0n) is 11.6. The lowest BCUT2D eigenvalue weighted by atomic mass is 10.1. The highest BCUT2D eigenvalue weighted by Crippen LogP contribution is 2.06. The fraction of sp³-hybridized carbons (Fsp3) is 0.0588. The summed E-state index contributed by atoms with van der Waals surface area (Å²) in [6.45, 7) is 1.87. The quantitative estimate of drug-likeness (QED) is 0.675. The van der Waals surface area contributed by atoms with Crippen molar-refractivity contribution in [2.45, 2.75) is 6.92 Å². The van der Waals surface area contributed by atoms with Crippen LogP contribution in [0.2, 0.25) is 0 Å². The molecule has 1 amide bonds. The maximum absolute atomic E-state index is 13.4. The fourth-order valence-electron chi connectivity index (χ4n) is 1.75. The molecule has 21 heavy (non-hydrogen) atoms. The number of carbonyl (C=O) groups excluding carboxylic acids is 1. The fourth-order valence-corrected chi connectivity index (χ4v) is 1.75. The first kappa shape index (κ1) is 14.7. The van der Waals surface area contributed by atoms with Crippen LogP contribution in [0.15, 0.2) is 65.3 Å². The maximum atomic E-state index is 13.4. The molecule has 0 aliphatic carbocycles. The molecule has 0 radical (unpaired) electrons. The van der Waals surface area contributed by atoms with Crippen molar-refractivity contribution in [3.05, 3.63) is 77.1 Å². The molecule has 0 aliphatic rings. The molecule has 2 aromatic rings. The molecule has 2 aromatic carbocycles. The number of amides is 1. The smallest absolute Gasteiger partial charge is 0.267 e. The van der Waals surface area contributed by atoms with Crippen LogP contribution in [0.3, 0.4) is 0 Å². The summed E-state index contributed by atoms with van der Waals surface area (Å²) < 4.78 is 13.4. The molecule has 0 atom stereocenters. The summed E-state index contributed by atoms with van der Waals surface area (Å²) in [4.78, 5) is 11.7. The van der Waals surface area contributed by atoms with Gasteiger partial charge in [0.05, 0.1) is 11.8 Å². The zero-order valence-corrected chi connectivity index (χ0v) is 11.6. The highest BCUT2D eigenvalue weighted by Gasteiger charge is 2.08. The van der Waals surface area contributed by atoms with E-state index in [0.717, 1.165) is 11.1 Å². The molecule has 0 aromatic heterocycles. The lowest BCUT2D eigenvalue weighted by Gasteiger charge is -2.00. The number of hydrogen-bond donors (Lipinski definition) is 1. The number of nitrogens with zero attached hydrogens (tertiary/aromatic N) is 1. The highest BCUT2D eigenvalue weighted by atomic mass is 19.1. The zero-order chi connectivity index (χ0) is 15.1. The normalized spacial score (nSPS) is 11.6. The predicted octanol–water partition coefficient (Wildman–Crippen LogP) is 3.64. The van der Waals surface area contributed by atoms with E-state index in [1.807, 2.05) is 43.3 Å². The second-order valence-corrected chi connectivity index (χ2v) is 4.48. The molecule has 0 spiro atoms. The second kappa shape index (κ2) is 7.14. The lowest BCUT2D eigenvalue weighted by molar-refractivity contribution is 0.0951. The Kier molecular flexibility index (Phi) is 4.99. The molecular weight excluding hydrogens is 267 g/mol. The third-order valence-corrected chi connectivity index (χ3v) is 2.75. The summed E-state index contributed by atoms with van der Waals surface area (Å²) in [6.07, 6.45) is 3.45. The number of benzene rings is 2. The summed E-state index contributed by atoms with van der Waals surface area (Å²) in [5.74, 6) is -1.14. The molecule has 0 heterocycles. The summed E-state index contributed by atoms with van der Waals surface area (Å²) in [6, 6.07) is 15.5. The number of hydrazone groups is 1. The number of hydrogen-bond acceptors (Lipinski definition) is 2. The summed E-state index contributed by atoms with van der Waals surface area (Å²) in [5.41, 5.74) is 4.19. The van der Waals surface area contributed by atoms with E-state index in [2.05, 4.69) is 10.5 Å². The molecule has 0 saturated carbocycles. The number of rotatable bonds is 4. The van der Waals surface area contributed by atoms with E-state index in [1.54, 1.807) is 6.07 Å². The van der Waals surface area contributed by atoms with Crippen LogP contribution in [-0.2, 0) is 0 Å². The Bertz CT molecular complexity index is 678. The van der Waals surface area contributed by atoms with Gasteiger partial charge < -0.3 is 0 Å². The molecule has 0 aliphatic heterocycles. The van der Waals surface area contributed by atoms with Crippen molar-refractivity contribution in [2.75, 3.05) is 0 Å². The van der Waals surface area contributed by atoms with Crippen molar-refractivity contribution in [3.8, 4) is 0 Å². The van der Waals surface area contributed by atoms with Gasteiger partial charge in [0.1, 0.15) is 5.82 Å². The molecule has 2 rings (SSSR count). The van der Waals surface area contributed by atoms with Crippen LogP contribution < -0.4 is 5.43 Å². The highest BCUT2D eigenvalue weighted by molar-refractivity contribution is 5.95. The van der Waals surface area contributed by atoms with Gasteiger partial charge in [-0.05, 0) is 30.2 Å². The minimum atomic E-state index is -0.572. The van der Waals surface area contributed by atoms with Gasteiger partial charge in [0.2, 0.25) is 0 Å². The largest absolute Gasteiger partial charge is 0.274 e. The Balaban J connectivity index is 1.98. The summed E-state index contributed by atoms with van der Waals surface area (Å²) >= 11 is 0. The molecule has 1 N–H and O–H groups in total. The Morgan fingerprint density at radius 3 is 2.48 bits per heavy atom. The van der Waals surface area contributed by atoms with Gasteiger partial charge in [-0.15, -0.1) is 0 Å². The number of nitrogens with one attached hydrogen (secondary N) is 1. The van der Waals surface area contributed by atoms with Gasteiger partial charge in [0.15, 0.2) is 0 Å². The average molecular weight is 282 g/mol. The number of carbonyl (C=O) groups is 1. The monoisotopic (exact) mass is 282 g/mol. The van der Waals surface area contributed by atoms with Gasteiger partial charge >= 0.3 is 0 Å². The standard InChI is InChI=1S/C17H15FN2O/c1-13(11-14-7-3-2-4-8-14)12-19-20-17(21)15-9-5-6-10-16(15)18/h2-12H,1H3,(H,20,21)/b13-11+,19-12?. The summed E-state index contributed by atoms with van der Waals surface area (Å²) in [7, 11) is 0. The van der Waals surface area contributed by atoms with Crippen molar-refractivity contribution in [1.29, 1.82) is 0 Å². The lowest BCUT2D eigenvalue weighted by Crippen LogP contribution is -2.18. The van der Waals surface area contributed by atoms with E-state index < -0.39 is 11.7 Å². The Hall–Kier alpha value is -2.75. The van der Waals surface area contributed by atoms with Crippen molar-refractivity contribution in [2.24, 2.45) is 5.10 Å². The van der Waals surface area contributed by atoms with Gasteiger partial charge in [0.25, 0.3) is 5.91 Å². The topological polar surface area (TPSA) is 41.5 Å². The van der Waals surface area contributed by atoms with Gasteiger partial charge in [-0.2, -0.15) is 5.10 Å². The van der Waals surface area contributed by atoms with E-state index in [9.17, 15) is 9.18 Å². The van der Waals surface area contributed by atoms with E-state index >= 15 is 0 Å². The molecule has 0 fully saturated rings. The van der Waals surface area contributed by atoms with Gasteiger partial charge in [-0.1, -0.05) is 48.5 Å². The first-order valence-corrected chi connectivity index (χ1v) is 6.48. The van der Waals surface area contributed by atoms with Crippen LogP contribution in [0.25, 0.3) is 6.08 Å². The first-order chi connectivity index (χ1) is 10.2. The number of halogens is 1. The van der Waals surface area contributed by atoms with Crippen LogP contribution in [0, 0.1) is 5.82 Å². The van der Waals surface area contributed by atoms with Crippen LogP contribution >= 0.6 is 0 Å². The molecule has 0 saturated heterocycles. The third kappa shape index (κ3) is 4.38. The SMILES string of the molecule is C/C(C=NNC(=O)c1ccccc1F)=C\c1ccccc1. The van der Waals surface area contributed by atoms with E-state index in [0.29, 0.717) is 0 Å². The minimum absolute atomic E-state index is 0.0284.